The summed E-state index contributed by atoms with van der Waals surface area (Å²) < 4.78 is 10.6. The van der Waals surface area contributed by atoms with Crippen LogP contribution in [0, 0.1) is 10.4 Å². The van der Waals surface area contributed by atoms with Gasteiger partial charge in [0.15, 0.2) is 12.4 Å². The van der Waals surface area contributed by atoms with Crippen LogP contribution in [0.15, 0.2) is 48.3 Å². The summed E-state index contributed by atoms with van der Waals surface area (Å²) in [5.74, 6) is -0.481. The van der Waals surface area contributed by atoms with Crippen LogP contribution >= 0.6 is 23.2 Å². The van der Waals surface area contributed by atoms with Crippen molar-refractivity contribution in [3.63, 3.8) is 0 Å². The Kier molecular flexibility index (Phi) is 6.68. The number of benzene rings is 1. The minimum atomic E-state index is -0.582. The van der Waals surface area contributed by atoms with Gasteiger partial charge in [-0.25, -0.2) is 4.79 Å². The number of rotatable bonds is 6. The summed E-state index contributed by atoms with van der Waals surface area (Å²) in [4.78, 5) is 11.5. The number of allylic oxidation sites excluding steroid dienone is 4. The fourth-order valence-electron chi connectivity index (χ4n) is 2.16. The Morgan fingerprint density at radius 2 is 2.04 bits per heavy atom. The van der Waals surface area contributed by atoms with E-state index in [0.29, 0.717) is 10.3 Å². The molecular weight excluding hydrogens is 383 g/mol. The second-order valence-corrected chi connectivity index (χ2v) is 5.85. The van der Waals surface area contributed by atoms with E-state index < -0.39 is 5.97 Å². The number of esters is 1. The topological polar surface area (TPSA) is 96.7 Å². The third-order valence-corrected chi connectivity index (χ3v) is 4.03. The van der Waals surface area contributed by atoms with Gasteiger partial charge in [0.2, 0.25) is 5.69 Å². The Bertz CT molecular complexity index is 831. The van der Waals surface area contributed by atoms with E-state index >= 15 is 0 Å². The first-order chi connectivity index (χ1) is 12.4. The number of nitrogens with one attached hydrogen (secondary N) is 1. The van der Waals surface area contributed by atoms with Crippen molar-refractivity contribution in [1.29, 1.82) is 0 Å². The highest BCUT2D eigenvalue weighted by Crippen LogP contribution is 2.35. The Morgan fingerprint density at radius 1 is 1.35 bits per heavy atom. The zero-order chi connectivity index (χ0) is 19.3. The summed E-state index contributed by atoms with van der Waals surface area (Å²) >= 11 is 11.8. The molecule has 0 saturated heterocycles. The molecule has 0 unspecified atom stereocenters. The Balaban J connectivity index is 2.45. The maximum atomic E-state index is 12.9. The van der Waals surface area contributed by atoms with Crippen LogP contribution in [-0.2, 0) is 14.3 Å². The number of ether oxygens (including phenoxy) is 2. The quantitative estimate of drug-likeness (QED) is 0.336. The maximum absolute atomic E-state index is 12.9. The molecule has 2 rings (SSSR count). The van der Waals surface area contributed by atoms with Crippen molar-refractivity contribution < 1.29 is 19.0 Å². The van der Waals surface area contributed by atoms with Gasteiger partial charge in [0.25, 0.3) is 5.71 Å². The molecule has 0 bridgehead atoms. The maximum Gasteiger partial charge on any atom is 0.344 e. The molecule has 0 aliphatic heterocycles. The van der Waals surface area contributed by atoms with Gasteiger partial charge in [-0.1, -0.05) is 35.9 Å². The van der Waals surface area contributed by atoms with Crippen molar-refractivity contribution in [3.05, 3.63) is 68.7 Å². The molecule has 0 amide bonds. The zero-order valence-corrected chi connectivity index (χ0v) is 15.3. The van der Waals surface area contributed by atoms with Gasteiger partial charge in [-0.3, -0.25) is 0 Å². The zero-order valence-electron chi connectivity index (χ0n) is 13.8. The van der Waals surface area contributed by atoms with E-state index in [9.17, 15) is 15.2 Å². The summed E-state index contributed by atoms with van der Waals surface area (Å²) in [5, 5.41) is 24.3. The Labute approximate surface area is 160 Å². The fraction of sp³-hybridized carbons (Fsp3) is 0.176. The van der Waals surface area contributed by atoms with Crippen molar-refractivity contribution in [2.45, 2.75) is 6.92 Å². The van der Waals surface area contributed by atoms with E-state index in [4.69, 9.17) is 32.7 Å². The van der Waals surface area contributed by atoms with Gasteiger partial charge in [0.1, 0.15) is 0 Å². The van der Waals surface area contributed by atoms with Gasteiger partial charge >= 0.3 is 5.97 Å². The summed E-state index contributed by atoms with van der Waals surface area (Å²) in [6.07, 6.45) is 4.69. The number of hydrogen-bond acceptors (Lipinski definition) is 6. The number of carbonyl (C=O) groups excluding carboxylic acids is 1. The number of hydrogen-bond donors (Lipinski definition) is 1. The molecule has 9 heteroatoms. The molecule has 26 heavy (non-hydrogen) atoms. The lowest BCUT2D eigenvalue weighted by Gasteiger charge is -2.19. The molecule has 0 fully saturated rings. The molecule has 1 aromatic rings. The van der Waals surface area contributed by atoms with Gasteiger partial charge in [-0.2, -0.15) is 4.74 Å². The predicted molar refractivity (Wildman–Crippen MR) is 101 cm³/mol. The van der Waals surface area contributed by atoms with Crippen molar-refractivity contribution in [1.82, 2.24) is 0 Å². The third kappa shape index (κ3) is 4.37. The summed E-state index contributed by atoms with van der Waals surface area (Å²) in [5.41, 5.74) is 1.84. The van der Waals surface area contributed by atoms with E-state index in [1.165, 1.54) is 18.2 Å². The normalized spacial score (nSPS) is 15.4. The summed E-state index contributed by atoms with van der Waals surface area (Å²) in [6.45, 7) is 5.28. The lowest BCUT2D eigenvalue weighted by Crippen LogP contribution is -2.22. The molecule has 7 nitrogen and oxygen atoms in total. The largest absolute Gasteiger partial charge is 0.761 e. The minimum absolute atomic E-state index is 0.0201. The molecular formula is C17H15Cl2N2O5-. The molecule has 0 radical (unpaired) electrons. The highest BCUT2D eigenvalue weighted by Gasteiger charge is 2.26. The van der Waals surface area contributed by atoms with E-state index in [1.807, 2.05) is 0 Å². The Morgan fingerprint density at radius 3 is 2.69 bits per heavy atom. The average Bonchev–Trinajstić information content (AvgIpc) is 2.61. The van der Waals surface area contributed by atoms with Gasteiger partial charge in [0.05, 0.1) is 22.3 Å². The first-order valence-electron chi connectivity index (χ1n) is 7.46. The van der Waals surface area contributed by atoms with Gasteiger partial charge in [0, 0.05) is 11.6 Å². The second-order valence-electron chi connectivity index (χ2n) is 5.04. The fourth-order valence-corrected chi connectivity index (χ4v) is 2.48. The molecule has 1 N–H and O–H groups in total. The summed E-state index contributed by atoms with van der Waals surface area (Å²) in [7, 11) is 0. The Hall–Kier alpha value is -2.48. The first-order valence-corrected chi connectivity index (χ1v) is 8.22. The monoisotopic (exact) mass is 397 g/mol. The lowest BCUT2D eigenvalue weighted by molar-refractivity contribution is -0.359. The van der Waals surface area contributed by atoms with E-state index in [2.05, 4.69) is 6.58 Å². The number of nitrogens with zero attached hydrogens (tertiary/aromatic N) is 1. The van der Waals surface area contributed by atoms with E-state index in [1.54, 1.807) is 24.6 Å². The van der Waals surface area contributed by atoms with Crippen LogP contribution in [-0.4, -0.2) is 29.6 Å². The molecule has 0 atom stereocenters. The standard InChI is InChI=1S/C17H15Cl2N2O5/c1-3-25-16(22)9-26-15-6-4-5-10(2)17(15)21(24)14-8-12(19)11(18)7-13(14)20-23/h4-8,20H,2-3,9H2,1H3/q-1/b21-17-. The highest BCUT2D eigenvalue weighted by atomic mass is 35.5. The third-order valence-electron chi connectivity index (χ3n) is 3.30. The minimum Gasteiger partial charge on any atom is -0.761 e. The van der Waals surface area contributed by atoms with Crippen molar-refractivity contribution >= 4 is 46.3 Å². The van der Waals surface area contributed by atoms with Gasteiger partial charge in [-0.15, -0.1) is 0 Å². The van der Waals surface area contributed by atoms with Crippen LogP contribution in [0.1, 0.15) is 6.92 Å². The first kappa shape index (κ1) is 19.8. The molecule has 1 aliphatic carbocycles. The van der Waals surface area contributed by atoms with Crippen LogP contribution < -0.4 is 5.48 Å². The molecule has 1 aliphatic rings. The molecule has 0 aromatic heterocycles. The molecule has 0 saturated carbocycles. The summed E-state index contributed by atoms with van der Waals surface area (Å²) in [6, 6.07) is 2.49. The number of halogens is 2. The van der Waals surface area contributed by atoms with Gasteiger partial charge < -0.3 is 25.4 Å². The van der Waals surface area contributed by atoms with Crippen molar-refractivity contribution in [2.75, 3.05) is 18.7 Å². The average molecular weight is 398 g/mol. The van der Waals surface area contributed by atoms with Crippen LogP contribution in [0.5, 0.6) is 0 Å². The lowest BCUT2D eigenvalue weighted by atomic mass is 10.0. The van der Waals surface area contributed by atoms with Crippen molar-refractivity contribution in [3.8, 4) is 0 Å². The SMILES string of the molecule is C=C1C=CC=C(OCC(=O)OCC)/C1=[N+](\[O-])c1cc(Cl)c(Cl)cc1N[O-]. The highest BCUT2D eigenvalue weighted by molar-refractivity contribution is 6.42. The van der Waals surface area contributed by atoms with Crippen LogP contribution in [0.25, 0.3) is 0 Å². The molecule has 1 aromatic carbocycles. The van der Waals surface area contributed by atoms with Crippen molar-refractivity contribution in [2.24, 2.45) is 0 Å². The molecule has 0 spiro atoms. The van der Waals surface area contributed by atoms with Crippen LogP contribution in [0.2, 0.25) is 10.0 Å². The van der Waals surface area contributed by atoms with E-state index in [0.717, 1.165) is 0 Å². The second kappa shape index (κ2) is 8.75. The number of carbonyl (C=O) groups is 1. The number of anilines is 1. The van der Waals surface area contributed by atoms with Crippen LogP contribution in [0.4, 0.5) is 11.4 Å². The molecule has 0 heterocycles. The van der Waals surface area contributed by atoms with E-state index in [-0.39, 0.29) is 46.1 Å². The molecule has 138 valence electrons. The van der Waals surface area contributed by atoms with Crippen LogP contribution in [0.3, 0.4) is 0 Å². The van der Waals surface area contributed by atoms with Gasteiger partial charge in [-0.05, 0) is 25.1 Å². The predicted octanol–water partition coefficient (Wildman–Crippen LogP) is 4.08. The smallest absolute Gasteiger partial charge is 0.344 e.